The van der Waals surface area contributed by atoms with E-state index in [9.17, 15) is 9.18 Å². The smallest absolute Gasteiger partial charge is 0.266 e. The number of amidine groups is 1. The van der Waals surface area contributed by atoms with Crippen LogP contribution >= 0.6 is 43.6 Å². The van der Waals surface area contributed by atoms with Gasteiger partial charge in [0.2, 0.25) is 0 Å². The summed E-state index contributed by atoms with van der Waals surface area (Å²) in [4.78, 5) is 20.2. The lowest BCUT2D eigenvalue weighted by molar-refractivity contribution is -0.122. The number of nitrogens with zero attached hydrogens (tertiary/aromatic N) is 2. The lowest BCUT2D eigenvalue weighted by atomic mass is 10.2. The average molecular weight is 634 g/mol. The van der Waals surface area contributed by atoms with E-state index >= 15 is 0 Å². The van der Waals surface area contributed by atoms with Gasteiger partial charge in [-0.1, -0.05) is 30.3 Å². The maximum atomic E-state index is 13.5. The third-order valence-electron chi connectivity index (χ3n) is 5.19. The molecular weight excluding hydrogens is 611 g/mol. The molecule has 0 radical (unpaired) electrons. The quantitative estimate of drug-likeness (QED) is 0.180. The van der Waals surface area contributed by atoms with E-state index in [0.29, 0.717) is 44.3 Å². The van der Waals surface area contributed by atoms with E-state index in [1.54, 1.807) is 24.1 Å². The number of carbonyl (C=O) groups is 1. The first-order valence-corrected chi connectivity index (χ1v) is 13.5. The molecule has 0 bridgehead atoms. The second-order valence-electron chi connectivity index (χ2n) is 7.88. The molecule has 1 aliphatic heterocycles. The van der Waals surface area contributed by atoms with Gasteiger partial charge in [-0.15, -0.1) is 0 Å². The van der Waals surface area contributed by atoms with Crippen LogP contribution in [0.2, 0.25) is 0 Å². The molecule has 0 N–H and O–H groups in total. The van der Waals surface area contributed by atoms with Crippen molar-refractivity contribution >= 4 is 66.5 Å². The van der Waals surface area contributed by atoms with Gasteiger partial charge in [-0.2, -0.15) is 0 Å². The van der Waals surface area contributed by atoms with Crippen LogP contribution < -0.4 is 4.74 Å². The summed E-state index contributed by atoms with van der Waals surface area (Å²) in [5.74, 6) is 0.199. The monoisotopic (exact) mass is 632 g/mol. The highest BCUT2D eigenvalue weighted by atomic mass is 79.9. The molecule has 0 aromatic heterocycles. The minimum atomic E-state index is -0.304. The van der Waals surface area contributed by atoms with Gasteiger partial charge >= 0.3 is 0 Å². The van der Waals surface area contributed by atoms with Crippen molar-refractivity contribution in [2.45, 2.75) is 13.0 Å². The van der Waals surface area contributed by atoms with Gasteiger partial charge in [0.05, 0.1) is 19.5 Å². The fourth-order valence-electron chi connectivity index (χ4n) is 3.50. The molecule has 0 aliphatic carbocycles. The van der Waals surface area contributed by atoms with Crippen molar-refractivity contribution in [3.8, 4) is 5.75 Å². The number of ether oxygens (including phenoxy) is 2. The van der Waals surface area contributed by atoms with Gasteiger partial charge in [0.1, 0.15) is 18.2 Å². The van der Waals surface area contributed by atoms with Crippen molar-refractivity contribution in [1.29, 1.82) is 0 Å². The number of carbonyl (C=O) groups excluding carboxylic acids is 1. The van der Waals surface area contributed by atoms with Crippen LogP contribution in [0.1, 0.15) is 17.5 Å². The minimum Gasteiger partial charge on any atom is -0.487 e. The fourth-order valence-corrected chi connectivity index (χ4v) is 5.98. The van der Waals surface area contributed by atoms with Crippen molar-refractivity contribution in [3.63, 3.8) is 0 Å². The summed E-state index contributed by atoms with van der Waals surface area (Å²) in [7, 11) is 1.64. The van der Waals surface area contributed by atoms with Crippen LogP contribution in [0, 0.1) is 5.82 Å². The molecule has 0 unspecified atom stereocenters. The molecule has 5 nitrogen and oxygen atoms in total. The predicted octanol–water partition coefficient (Wildman–Crippen LogP) is 7.57. The van der Waals surface area contributed by atoms with Gasteiger partial charge in [0, 0.05) is 20.3 Å². The Balaban J connectivity index is 1.56. The largest absolute Gasteiger partial charge is 0.487 e. The fraction of sp³-hybridized carbons (Fsp3) is 0.185. The summed E-state index contributed by atoms with van der Waals surface area (Å²) in [5.41, 5.74) is 2.34. The Kier molecular flexibility index (Phi) is 9.36. The molecule has 186 valence electrons. The van der Waals surface area contributed by atoms with E-state index in [4.69, 9.17) is 14.5 Å². The molecule has 0 saturated carbocycles. The van der Waals surface area contributed by atoms with Crippen LogP contribution in [-0.2, 0) is 16.1 Å². The number of aliphatic imine (C=N–C) groups is 1. The summed E-state index contributed by atoms with van der Waals surface area (Å²) < 4.78 is 26.0. The van der Waals surface area contributed by atoms with Crippen molar-refractivity contribution in [1.82, 2.24) is 4.90 Å². The minimum absolute atomic E-state index is 0.0931. The van der Waals surface area contributed by atoms with Gasteiger partial charge in [0.25, 0.3) is 5.91 Å². The Bertz CT molecular complexity index is 1280. The first-order chi connectivity index (χ1) is 17.4. The van der Waals surface area contributed by atoms with E-state index < -0.39 is 0 Å². The number of amides is 1. The summed E-state index contributed by atoms with van der Waals surface area (Å²) in [6.45, 7) is 1.30. The average Bonchev–Trinajstić information content (AvgIpc) is 3.13. The summed E-state index contributed by atoms with van der Waals surface area (Å²) in [6.07, 6.45) is 2.55. The zero-order valence-electron chi connectivity index (χ0n) is 19.4. The lowest BCUT2D eigenvalue weighted by Crippen LogP contribution is -2.30. The van der Waals surface area contributed by atoms with Crippen LogP contribution in [-0.4, -0.2) is 36.2 Å². The topological polar surface area (TPSA) is 51.1 Å². The summed E-state index contributed by atoms with van der Waals surface area (Å²) in [6, 6.07) is 19.6. The molecule has 4 rings (SSSR count). The van der Waals surface area contributed by atoms with E-state index in [2.05, 4.69) is 31.9 Å². The molecule has 1 fully saturated rings. The maximum Gasteiger partial charge on any atom is 0.266 e. The molecule has 1 aliphatic rings. The van der Waals surface area contributed by atoms with Crippen LogP contribution in [0.3, 0.4) is 0 Å². The number of halogens is 3. The molecule has 9 heteroatoms. The maximum absolute atomic E-state index is 13.5. The van der Waals surface area contributed by atoms with E-state index in [1.807, 2.05) is 48.5 Å². The number of hydrogen-bond donors (Lipinski definition) is 0. The zero-order valence-corrected chi connectivity index (χ0v) is 23.4. The Morgan fingerprint density at radius 2 is 1.81 bits per heavy atom. The first-order valence-electron chi connectivity index (χ1n) is 11.1. The Morgan fingerprint density at radius 1 is 1.06 bits per heavy atom. The molecule has 0 atom stereocenters. The van der Waals surface area contributed by atoms with Gasteiger partial charge in [-0.05, 0) is 104 Å². The Hall–Kier alpha value is -2.46. The highest BCUT2D eigenvalue weighted by Crippen LogP contribution is 2.38. The van der Waals surface area contributed by atoms with Gasteiger partial charge in [0.15, 0.2) is 5.17 Å². The second-order valence-corrected chi connectivity index (χ2v) is 10.6. The first kappa shape index (κ1) is 26.6. The van der Waals surface area contributed by atoms with Crippen LogP contribution in [0.4, 0.5) is 10.1 Å². The number of thioether (sulfide) groups is 1. The standard InChI is InChI=1S/C27H23Br2FN2O3S/c1-34-12-6-11-32-26(33)24(36-27(32)31-21-9-3-2-4-10-21)16-19-14-22(28)25(23(29)15-19)35-17-18-7-5-8-20(30)13-18/h2-5,7-10,13-16H,6,11-12,17H2,1H3/b24-16-,31-27?. The van der Waals surface area contributed by atoms with Gasteiger partial charge in [-0.25, -0.2) is 9.38 Å². The van der Waals surface area contributed by atoms with E-state index in [0.717, 1.165) is 16.8 Å². The van der Waals surface area contributed by atoms with Crippen LogP contribution in [0.15, 0.2) is 85.6 Å². The van der Waals surface area contributed by atoms with Gasteiger partial charge < -0.3 is 9.47 Å². The Labute approximate surface area is 230 Å². The second kappa shape index (κ2) is 12.7. The molecular formula is C27H23Br2FN2O3S. The zero-order chi connectivity index (χ0) is 25.5. The third kappa shape index (κ3) is 6.85. The number of rotatable bonds is 9. The molecule has 1 heterocycles. The number of hydrogen-bond acceptors (Lipinski definition) is 5. The normalized spacial score (nSPS) is 15.8. The van der Waals surface area contributed by atoms with Crippen molar-refractivity contribution in [2.24, 2.45) is 4.99 Å². The van der Waals surface area contributed by atoms with Crippen LogP contribution in [0.25, 0.3) is 6.08 Å². The number of methoxy groups -OCH3 is 1. The van der Waals surface area contributed by atoms with Crippen LogP contribution in [0.5, 0.6) is 5.75 Å². The lowest BCUT2D eigenvalue weighted by Gasteiger charge is -2.15. The van der Waals surface area contributed by atoms with E-state index in [-0.39, 0.29) is 18.3 Å². The molecule has 0 spiro atoms. The predicted molar refractivity (Wildman–Crippen MR) is 150 cm³/mol. The van der Waals surface area contributed by atoms with Crippen molar-refractivity contribution < 1.29 is 18.7 Å². The van der Waals surface area contributed by atoms with Crippen molar-refractivity contribution in [2.75, 3.05) is 20.3 Å². The number of benzene rings is 3. The highest BCUT2D eigenvalue weighted by Gasteiger charge is 2.33. The Morgan fingerprint density at radius 3 is 2.50 bits per heavy atom. The molecule has 3 aromatic carbocycles. The highest BCUT2D eigenvalue weighted by molar-refractivity contribution is 9.11. The molecule has 36 heavy (non-hydrogen) atoms. The summed E-state index contributed by atoms with van der Waals surface area (Å²) >= 11 is 8.47. The molecule has 1 amide bonds. The van der Waals surface area contributed by atoms with E-state index in [1.165, 1.54) is 23.9 Å². The van der Waals surface area contributed by atoms with Crippen molar-refractivity contribution in [3.05, 3.63) is 97.5 Å². The molecule has 1 saturated heterocycles. The summed E-state index contributed by atoms with van der Waals surface area (Å²) in [5, 5.41) is 0.640. The SMILES string of the molecule is COCCCN1C(=O)/C(=C/c2cc(Br)c(OCc3cccc(F)c3)c(Br)c2)SC1=Nc1ccccc1. The third-order valence-corrected chi connectivity index (χ3v) is 7.37. The molecule has 3 aromatic rings. The van der Waals surface area contributed by atoms with Gasteiger partial charge in [-0.3, -0.25) is 9.69 Å². The number of para-hydroxylation sites is 1.